The number of esters is 1. The monoisotopic (exact) mass is 438 g/mol. The average Bonchev–Trinajstić information content (AvgIpc) is 3.19. The fourth-order valence-corrected chi connectivity index (χ4v) is 2.66. The molecular formula is C19H19IO4. The summed E-state index contributed by atoms with van der Waals surface area (Å²) in [5.41, 5.74) is 2.19. The van der Waals surface area contributed by atoms with Gasteiger partial charge >= 0.3 is 5.97 Å². The van der Waals surface area contributed by atoms with Gasteiger partial charge in [0.15, 0.2) is 0 Å². The number of furan rings is 2. The molecule has 1 atom stereocenters. The smallest absolute Gasteiger partial charge is 0.324 e. The van der Waals surface area contributed by atoms with E-state index in [0.29, 0.717) is 11.5 Å². The molecule has 4 nitrogen and oxygen atoms in total. The lowest BCUT2D eigenvalue weighted by molar-refractivity contribution is -0.133. The number of hydrogen-bond acceptors (Lipinski definition) is 4. The lowest BCUT2D eigenvalue weighted by atomic mass is 9.98. The van der Waals surface area contributed by atoms with Gasteiger partial charge < -0.3 is 13.9 Å². The van der Waals surface area contributed by atoms with Crippen molar-refractivity contribution in [1.29, 1.82) is 0 Å². The van der Waals surface area contributed by atoms with Crippen molar-refractivity contribution in [2.45, 2.75) is 36.7 Å². The SMILES string of the molecule is CCC(I)C(=O)Oc1ccc(OC(C)(C)c2cc3ccc2o3)cc1. The Labute approximate surface area is 154 Å². The van der Waals surface area contributed by atoms with E-state index in [-0.39, 0.29) is 9.89 Å². The zero-order valence-corrected chi connectivity index (χ0v) is 16.0. The predicted molar refractivity (Wildman–Crippen MR) is 101 cm³/mol. The number of halogens is 1. The molecule has 0 spiro atoms. The second-order valence-electron chi connectivity index (χ2n) is 6.14. The fourth-order valence-electron chi connectivity index (χ4n) is 2.53. The van der Waals surface area contributed by atoms with Gasteiger partial charge in [0.1, 0.15) is 32.2 Å². The molecule has 0 aliphatic heterocycles. The van der Waals surface area contributed by atoms with Gasteiger partial charge in [-0.15, -0.1) is 0 Å². The summed E-state index contributed by atoms with van der Waals surface area (Å²) in [6.45, 7) is 5.96. The Hall–Kier alpha value is -1.76. The van der Waals surface area contributed by atoms with Crippen LogP contribution in [0, 0.1) is 0 Å². The van der Waals surface area contributed by atoms with Gasteiger partial charge in [-0.1, -0.05) is 29.5 Å². The Balaban J connectivity index is 1.69. The van der Waals surface area contributed by atoms with E-state index in [1.165, 1.54) is 0 Å². The molecule has 2 aromatic heterocycles. The summed E-state index contributed by atoms with van der Waals surface area (Å²) in [6, 6.07) is 13.0. The molecule has 1 aromatic carbocycles. The molecule has 3 rings (SSSR count). The highest BCUT2D eigenvalue weighted by Crippen LogP contribution is 2.35. The van der Waals surface area contributed by atoms with Crippen molar-refractivity contribution in [3.8, 4) is 11.5 Å². The number of benzene rings is 2. The standard InChI is InChI=1S/C19H19IO4/c1-4-16(20)18(21)23-12-5-7-13(8-6-12)24-19(2,3)15-11-14-9-10-17(15)22-14/h5-11,16H,4H2,1-3H3. The van der Waals surface area contributed by atoms with Crippen LogP contribution < -0.4 is 9.47 Å². The third-order valence-electron chi connectivity index (χ3n) is 3.86. The molecular weight excluding hydrogens is 419 g/mol. The van der Waals surface area contributed by atoms with Gasteiger partial charge in [-0.25, -0.2) is 0 Å². The van der Waals surface area contributed by atoms with Gasteiger partial charge in [0, 0.05) is 5.56 Å². The first kappa shape index (κ1) is 17.1. The normalized spacial score (nSPS) is 13.2. The van der Waals surface area contributed by atoms with Crippen LogP contribution in [-0.4, -0.2) is 9.89 Å². The van der Waals surface area contributed by atoms with E-state index in [0.717, 1.165) is 23.2 Å². The van der Waals surface area contributed by atoms with Crippen molar-refractivity contribution in [2.75, 3.05) is 0 Å². The van der Waals surface area contributed by atoms with E-state index < -0.39 is 5.60 Å². The molecule has 2 heterocycles. The number of rotatable bonds is 6. The number of fused-ring (bicyclic) bond motifs is 2. The summed E-state index contributed by atoms with van der Waals surface area (Å²) >= 11 is 2.09. The van der Waals surface area contributed by atoms with Crippen molar-refractivity contribution < 1.29 is 18.7 Å². The van der Waals surface area contributed by atoms with Gasteiger partial charge in [0.05, 0.1) is 0 Å². The van der Waals surface area contributed by atoms with Crippen molar-refractivity contribution >= 4 is 39.7 Å². The van der Waals surface area contributed by atoms with Gasteiger partial charge in [-0.2, -0.15) is 0 Å². The molecule has 0 saturated heterocycles. The maximum Gasteiger partial charge on any atom is 0.324 e. The number of ether oxygens (including phenoxy) is 2. The molecule has 0 saturated carbocycles. The Morgan fingerprint density at radius 3 is 2.38 bits per heavy atom. The summed E-state index contributed by atoms with van der Waals surface area (Å²) < 4.78 is 16.9. The fraction of sp³-hybridized carbons (Fsp3) is 0.316. The molecule has 0 fully saturated rings. The van der Waals surface area contributed by atoms with E-state index >= 15 is 0 Å². The summed E-state index contributed by atoms with van der Waals surface area (Å²) in [6.07, 6.45) is 0.748. The maximum atomic E-state index is 11.8. The number of hydrogen-bond donors (Lipinski definition) is 0. The summed E-state index contributed by atoms with van der Waals surface area (Å²) in [5, 5.41) is 0. The molecule has 1 unspecified atom stereocenters. The maximum absolute atomic E-state index is 11.8. The first-order chi connectivity index (χ1) is 11.4. The molecule has 126 valence electrons. The molecule has 5 heteroatoms. The average molecular weight is 438 g/mol. The van der Waals surface area contributed by atoms with Gasteiger partial charge in [0.25, 0.3) is 0 Å². The first-order valence-electron chi connectivity index (χ1n) is 7.86. The van der Waals surface area contributed by atoms with Crippen LogP contribution in [0.5, 0.6) is 11.5 Å². The molecule has 0 radical (unpaired) electrons. The first-order valence-corrected chi connectivity index (χ1v) is 9.11. The molecule has 0 aliphatic rings. The zero-order valence-electron chi connectivity index (χ0n) is 13.8. The van der Waals surface area contributed by atoms with Crippen LogP contribution in [0.4, 0.5) is 0 Å². The van der Waals surface area contributed by atoms with Crippen LogP contribution in [-0.2, 0) is 10.4 Å². The minimum atomic E-state index is -0.518. The van der Waals surface area contributed by atoms with E-state index in [2.05, 4.69) is 22.6 Å². The number of alkyl halides is 1. The van der Waals surface area contributed by atoms with Crippen molar-refractivity contribution in [2.24, 2.45) is 0 Å². The van der Waals surface area contributed by atoms with Crippen LogP contribution in [0.1, 0.15) is 32.8 Å². The zero-order chi connectivity index (χ0) is 17.3. The lowest BCUT2D eigenvalue weighted by Gasteiger charge is -2.26. The Bertz CT molecular complexity index is 819. The molecule has 0 aliphatic carbocycles. The highest BCUT2D eigenvalue weighted by atomic mass is 127. The highest BCUT2D eigenvalue weighted by molar-refractivity contribution is 14.1. The molecule has 2 bridgehead atoms. The Kier molecular flexibility index (Phi) is 4.71. The van der Waals surface area contributed by atoms with Gasteiger partial charge in [-0.05, 0) is 62.7 Å². The third-order valence-corrected chi connectivity index (χ3v) is 5.25. The van der Waals surface area contributed by atoms with Crippen molar-refractivity contribution in [3.63, 3.8) is 0 Å². The largest absolute Gasteiger partial charge is 0.483 e. The van der Waals surface area contributed by atoms with E-state index in [9.17, 15) is 4.79 Å². The van der Waals surface area contributed by atoms with Crippen LogP contribution in [0.3, 0.4) is 0 Å². The van der Waals surface area contributed by atoms with Crippen molar-refractivity contribution in [3.05, 3.63) is 48.0 Å². The second kappa shape index (κ2) is 6.63. The number of carbonyl (C=O) groups is 1. The summed E-state index contributed by atoms with van der Waals surface area (Å²) in [4.78, 5) is 11.8. The molecule has 3 aromatic rings. The van der Waals surface area contributed by atoms with Crippen LogP contribution in [0.2, 0.25) is 0 Å². The minimum absolute atomic E-state index is 0.134. The Morgan fingerprint density at radius 2 is 1.83 bits per heavy atom. The molecule has 0 amide bonds. The topological polar surface area (TPSA) is 48.7 Å². The second-order valence-corrected chi connectivity index (χ2v) is 7.64. The lowest BCUT2D eigenvalue weighted by Crippen LogP contribution is -2.25. The molecule has 0 N–H and O–H groups in total. The predicted octanol–water partition coefficient (Wildman–Crippen LogP) is 5.30. The van der Waals surface area contributed by atoms with E-state index in [4.69, 9.17) is 13.9 Å². The van der Waals surface area contributed by atoms with Crippen LogP contribution in [0.25, 0.3) is 11.2 Å². The third kappa shape index (κ3) is 3.50. The summed E-state index contributed by atoms with van der Waals surface area (Å²) in [5.74, 6) is 1.01. The summed E-state index contributed by atoms with van der Waals surface area (Å²) in [7, 11) is 0. The quantitative estimate of drug-likeness (QED) is 0.227. The van der Waals surface area contributed by atoms with Crippen LogP contribution >= 0.6 is 22.6 Å². The minimum Gasteiger partial charge on any atom is -0.483 e. The van der Waals surface area contributed by atoms with Crippen molar-refractivity contribution in [1.82, 2.24) is 0 Å². The number of carbonyl (C=O) groups excluding carboxylic acids is 1. The highest BCUT2D eigenvalue weighted by Gasteiger charge is 2.28. The van der Waals surface area contributed by atoms with E-state index in [1.807, 2.05) is 39.0 Å². The van der Waals surface area contributed by atoms with Gasteiger partial charge in [-0.3, -0.25) is 4.79 Å². The molecule has 24 heavy (non-hydrogen) atoms. The van der Waals surface area contributed by atoms with E-state index in [1.54, 1.807) is 24.3 Å². The van der Waals surface area contributed by atoms with Crippen LogP contribution in [0.15, 0.2) is 46.9 Å². The Morgan fingerprint density at radius 1 is 1.17 bits per heavy atom. The van der Waals surface area contributed by atoms with Gasteiger partial charge in [0.2, 0.25) is 0 Å².